The third-order valence-electron chi connectivity index (χ3n) is 4.95. The second-order valence-corrected chi connectivity index (χ2v) is 6.73. The molecule has 1 N–H and O–H groups in total. The van der Waals surface area contributed by atoms with Crippen LogP contribution in [0.2, 0.25) is 0 Å². The average molecular weight is 209 g/mol. The molecular weight excluding hydrogens is 186 g/mol. The van der Waals surface area contributed by atoms with E-state index in [2.05, 4.69) is 26.1 Å². The van der Waals surface area contributed by atoms with Crippen molar-refractivity contribution in [3.8, 4) is 0 Å². The van der Waals surface area contributed by atoms with Crippen LogP contribution in [-0.4, -0.2) is 25.3 Å². The molecule has 2 heteroatoms. The van der Waals surface area contributed by atoms with Crippen molar-refractivity contribution in [3.05, 3.63) is 0 Å². The number of fused-ring (bicyclic) bond motifs is 1. The molecule has 3 aliphatic rings. The Kier molecular flexibility index (Phi) is 2.01. The fourth-order valence-electron chi connectivity index (χ4n) is 3.49. The second-order valence-electron chi connectivity index (χ2n) is 6.73. The van der Waals surface area contributed by atoms with E-state index >= 15 is 0 Å². The first-order valence-corrected chi connectivity index (χ1v) is 6.38. The minimum atomic E-state index is 0.354. The molecule has 0 aromatic rings. The van der Waals surface area contributed by atoms with Gasteiger partial charge in [0.25, 0.3) is 0 Å². The summed E-state index contributed by atoms with van der Waals surface area (Å²) in [5.41, 5.74) is 0.979. The first-order valence-electron chi connectivity index (χ1n) is 6.38. The van der Waals surface area contributed by atoms with E-state index in [4.69, 9.17) is 4.74 Å². The molecule has 0 bridgehead atoms. The number of rotatable bonds is 3. The van der Waals surface area contributed by atoms with E-state index in [0.29, 0.717) is 23.0 Å². The fourth-order valence-corrected chi connectivity index (χ4v) is 3.49. The molecular formula is C13H23NO. The number of hydrogen-bond acceptors (Lipinski definition) is 2. The van der Waals surface area contributed by atoms with Crippen LogP contribution in [0.25, 0.3) is 0 Å². The van der Waals surface area contributed by atoms with Crippen LogP contribution in [0.15, 0.2) is 0 Å². The highest BCUT2D eigenvalue weighted by atomic mass is 16.5. The van der Waals surface area contributed by atoms with Crippen molar-refractivity contribution in [2.45, 2.75) is 52.2 Å². The molecule has 0 radical (unpaired) electrons. The summed E-state index contributed by atoms with van der Waals surface area (Å²) in [5.74, 6) is 0.794. The van der Waals surface area contributed by atoms with Crippen molar-refractivity contribution in [2.24, 2.45) is 16.7 Å². The molecule has 0 aromatic carbocycles. The lowest BCUT2D eigenvalue weighted by Gasteiger charge is -2.55. The maximum absolute atomic E-state index is 5.80. The van der Waals surface area contributed by atoms with E-state index in [1.54, 1.807) is 0 Å². The van der Waals surface area contributed by atoms with Crippen LogP contribution >= 0.6 is 0 Å². The Morgan fingerprint density at radius 3 is 2.67 bits per heavy atom. The van der Waals surface area contributed by atoms with Gasteiger partial charge in [-0.25, -0.2) is 0 Å². The predicted octanol–water partition coefficient (Wildman–Crippen LogP) is 2.19. The zero-order valence-corrected chi connectivity index (χ0v) is 10.2. The average Bonchev–Trinajstić information content (AvgIpc) is 2.75. The molecule has 0 amide bonds. The smallest absolute Gasteiger partial charge is 0.0685 e. The maximum atomic E-state index is 5.80. The Balaban J connectivity index is 1.61. The van der Waals surface area contributed by atoms with Gasteiger partial charge in [-0.2, -0.15) is 0 Å². The van der Waals surface area contributed by atoms with E-state index in [-0.39, 0.29) is 0 Å². The van der Waals surface area contributed by atoms with Gasteiger partial charge in [-0.15, -0.1) is 0 Å². The molecule has 15 heavy (non-hydrogen) atoms. The van der Waals surface area contributed by atoms with Gasteiger partial charge in [-0.3, -0.25) is 0 Å². The van der Waals surface area contributed by atoms with Gasteiger partial charge in [-0.1, -0.05) is 20.8 Å². The van der Waals surface area contributed by atoms with E-state index < -0.39 is 0 Å². The quantitative estimate of drug-likeness (QED) is 0.769. The van der Waals surface area contributed by atoms with Gasteiger partial charge in [0.15, 0.2) is 0 Å². The summed E-state index contributed by atoms with van der Waals surface area (Å²) in [6, 6.07) is 0.697. The molecule has 2 nitrogen and oxygen atoms in total. The van der Waals surface area contributed by atoms with Gasteiger partial charge in [0.1, 0.15) is 0 Å². The Morgan fingerprint density at radius 1 is 1.27 bits per heavy atom. The standard InChI is InChI=1S/C13H23NO/c1-12(2)10(9-4-7-15-11(9)12)14-8-13(3)5-6-13/h9-11,14H,4-8H2,1-3H3. The number of ether oxygens (including phenoxy) is 1. The molecule has 1 heterocycles. The highest BCUT2D eigenvalue weighted by Gasteiger charge is 2.59. The first kappa shape index (κ1) is 10.1. The maximum Gasteiger partial charge on any atom is 0.0685 e. The van der Waals surface area contributed by atoms with Crippen molar-refractivity contribution < 1.29 is 4.74 Å². The molecule has 3 atom stereocenters. The monoisotopic (exact) mass is 209 g/mol. The number of nitrogens with one attached hydrogen (secondary N) is 1. The molecule has 3 fully saturated rings. The zero-order valence-electron chi connectivity index (χ0n) is 10.2. The van der Waals surface area contributed by atoms with Gasteiger partial charge >= 0.3 is 0 Å². The van der Waals surface area contributed by atoms with Crippen LogP contribution in [0.3, 0.4) is 0 Å². The third kappa shape index (κ3) is 1.45. The number of hydrogen-bond donors (Lipinski definition) is 1. The molecule has 2 aliphatic carbocycles. The highest BCUT2D eigenvalue weighted by molar-refractivity contribution is 5.11. The summed E-state index contributed by atoms with van der Waals surface area (Å²) >= 11 is 0. The Bertz CT molecular complexity index is 270. The van der Waals surface area contributed by atoms with Crippen LogP contribution in [-0.2, 0) is 4.74 Å². The SMILES string of the molecule is CC1(CNC2C3CCOC3C2(C)C)CC1. The van der Waals surface area contributed by atoms with E-state index in [9.17, 15) is 0 Å². The van der Waals surface area contributed by atoms with E-state index in [1.165, 1.54) is 25.8 Å². The largest absolute Gasteiger partial charge is 0.377 e. The van der Waals surface area contributed by atoms with Gasteiger partial charge < -0.3 is 10.1 Å². The normalized spacial score (nSPS) is 44.6. The van der Waals surface area contributed by atoms with Crippen LogP contribution < -0.4 is 5.32 Å². The van der Waals surface area contributed by atoms with Gasteiger partial charge in [0.2, 0.25) is 0 Å². The summed E-state index contributed by atoms with van der Waals surface area (Å²) in [7, 11) is 0. The summed E-state index contributed by atoms with van der Waals surface area (Å²) < 4.78 is 5.80. The summed E-state index contributed by atoms with van der Waals surface area (Å²) in [6.45, 7) is 9.30. The molecule has 0 aromatic heterocycles. The molecule has 2 saturated carbocycles. The molecule has 3 rings (SSSR count). The minimum Gasteiger partial charge on any atom is -0.377 e. The van der Waals surface area contributed by atoms with Crippen molar-refractivity contribution >= 4 is 0 Å². The van der Waals surface area contributed by atoms with Crippen LogP contribution in [0.5, 0.6) is 0 Å². The van der Waals surface area contributed by atoms with Crippen molar-refractivity contribution in [1.29, 1.82) is 0 Å². The van der Waals surface area contributed by atoms with Crippen molar-refractivity contribution in [1.82, 2.24) is 5.32 Å². The van der Waals surface area contributed by atoms with E-state index in [1.807, 2.05) is 0 Å². The molecule has 1 aliphatic heterocycles. The first-order chi connectivity index (χ1) is 7.03. The third-order valence-corrected chi connectivity index (χ3v) is 4.95. The van der Waals surface area contributed by atoms with Crippen LogP contribution in [0.4, 0.5) is 0 Å². The van der Waals surface area contributed by atoms with Crippen molar-refractivity contribution in [3.63, 3.8) is 0 Å². The van der Waals surface area contributed by atoms with Gasteiger partial charge in [0, 0.05) is 30.5 Å². The summed E-state index contributed by atoms with van der Waals surface area (Å²) in [4.78, 5) is 0. The van der Waals surface area contributed by atoms with Crippen LogP contribution in [0, 0.1) is 16.7 Å². The summed E-state index contributed by atoms with van der Waals surface area (Å²) in [5, 5.41) is 3.80. The van der Waals surface area contributed by atoms with Crippen LogP contribution in [0.1, 0.15) is 40.0 Å². The molecule has 1 saturated heterocycles. The Hall–Kier alpha value is -0.0800. The molecule has 86 valence electrons. The van der Waals surface area contributed by atoms with Gasteiger partial charge in [-0.05, 0) is 24.7 Å². The highest BCUT2D eigenvalue weighted by Crippen LogP contribution is 2.53. The minimum absolute atomic E-state index is 0.354. The zero-order chi connectivity index (χ0) is 10.7. The molecule has 3 unspecified atom stereocenters. The molecule has 0 spiro atoms. The Morgan fingerprint density at radius 2 is 2.00 bits per heavy atom. The Labute approximate surface area is 92.8 Å². The second kappa shape index (κ2) is 2.98. The topological polar surface area (TPSA) is 21.3 Å². The van der Waals surface area contributed by atoms with E-state index in [0.717, 1.165) is 12.5 Å². The van der Waals surface area contributed by atoms with Crippen molar-refractivity contribution in [2.75, 3.05) is 13.2 Å². The lowest BCUT2D eigenvalue weighted by atomic mass is 9.57. The summed E-state index contributed by atoms with van der Waals surface area (Å²) in [6.07, 6.45) is 4.62. The lowest BCUT2D eigenvalue weighted by Crippen LogP contribution is -2.66. The lowest BCUT2D eigenvalue weighted by molar-refractivity contribution is -0.113. The fraction of sp³-hybridized carbons (Fsp3) is 1.00. The van der Waals surface area contributed by atoms with Gasteiger partial charge in [0.05, 0.1) is 6.10 Å². The predicted molar refractivity (Wildman–Crippen MR) is 60.8 cm³/mol.